The molecule has 5 rings (SSSR count). The van der Waals surface area contributed by atoms with Crippen LogP contribution in [-0.2, 0) is 11.3 Å². The highest BCUT2D eigenvalue weighted by Crippen LogP contribution is 2.46. The van der Waals surface area contributed by atoms with E-state index in [1.54, 1.807) is 31.3 Å². The Morgan fingerprint density at radius 2 is 1.87 bits per heavy atom. The lowest BCUT2D eigenvalue weighted by molar-refractivity contribution is 0.0677. The van der Waals surface area contributed by atoms with E-state index < -0.39 is 6.04 Å². The number of methoxy groups -OCH3 is 2. The van der Waals surface area contributed by atoms with Gasteiger partial charge in [-0.25, -0.2) is 0 Å². The maximum Gasteiger partial charge on any atom is 0.273 e. The summed E-state index contributed by atoms with van der Waals surface area (Å²) < 4.78 is 17.0. The molecule has 1 amide bonds. The molecule has 9 heteroatoms. The van der Waals surface area contributed by atoms with Crippen molar-refractivity contribution in [2.75, 3.05) is 27.4 Å². The van der Waals surface area contributed by atoms with Crippen LogP contribution >= 0.6 is 11.6 Å². The fraction of sp³-hybridized carbons (Fsp3) is 0.241. The number of rotatable bonds is 9. The quantitative estimate of drug-likeness (QED) is 0.294. The number of phenols is 1. The average Bonchev–Trinajstić information content (AvgIpc) is 3.47. The molecule has 0 aliphatic carbocycles. The van der Waals surface area contributed by atoms with E-state index in [1.165, 1.54) is 0 Å². The number of aryl methyl sites for hydroxylation is 1. The molecule has 3 aromatic carbocycles. The van der Waals surface area contributed by atoms with Gasteiger partial charge in [-0.15, -0.1) is 0 Å². The Hall–Kier alpha value is -4.01. The zero-order chi connectivity index (χ0) is 26.8. The minimum atomic E-state index is -0.502. The van der Waals surface area contributed by atoms with Crippen LogP contribution in [0.1, 0.15) is 38.8 Å². The number of halogens is 1. The Morgan fingerprint density at radius 3 is 2.61 bits per heavy atom. The molecule has 1 aliphatic heterocycles. The van der Waals surface area contributed by atoms with Crippen molar-refractivity contribution >= 4 is 17.5 Å². The largest absolute Gasteiger partial charge is 0.507 e. The molecule has 38 heavy (non-hydrogen) atoms. The minimum absolute atomic E-state index is 0.0324. The SMILES string of the molecule is COCCN1C(=O)c2[nH]nc(-c3cc(Cl)c(C)cc3O)c2C1c1ccc(OCc2ccccc2)c(OC)c1. The van der Waals surface area contributed by atoms with Crippen molar-refractivity contribution in [3.63, 3.8) is 0 Å². The molecule has 1 aromatic heterocycles. The molecule has 0 saturated carbocycles. The first-order valence-corrected chi connectivity index (χ1v) is 12.5. The van der Waals surface area contributed by atoms with Crippen molar-refractivity contribution in [3.8, 4) is 28.5 Å². The van der Waals surface area contributed by atoms with Crippen molar-refractivity contribution in [2.45, 2.75) is 19.6 Å². The third-order valence-electron chi connectivity index (χ3n) is 6.67. The number of phenolic OH excluding ortho intramolecular Hbond substituents is 1. The van der Waals surface area contributed by atoms with Gasteiger partial charge >= 0.3 is 0 Å². The zero-order valence-corrected chi connectivity index (χ0v) is 22.1. The fourth-order valence-corrected chi connectivity index (χ4v) is 4.90. The van der Waals surface area contributed by atoms with E-state index in [-0.39, 0.29) is 11.7 Å². The normalized spacial score (nSPS) is 14.6. The van der Waals surface area contributed by atoms with Crippen molar-refractivity contribution in [2.24, 2.45) is 0 Å². The number of amides is 1. The maximum atomic E-state index is 13.5. The molecule has 8 nitrogen and oxygen atoms in total. The molecule has 0 saturated heterocycles. The molecule has 0 bridgehead atoms. The highest BCUT2D eigenvalue weighted by Gasteiger charge is 2.42. The van der Waals surface area contributed by atoms with Crippen molar-refractivity contribution in [3.05, 3.63) is 93.6 Å². The van der Waals surface area contributed by atoms with Crippen molar-refractivity contribution < 1.29 is 24.1 Å². The van der Waals surface area contributed by atoms with Gasteiger partial charge in [0.25, 0.3) is 5.91 Å². The van der Waals surface area contributed by atoms with E-state index in [9.17, 15) is 9.90 Å². The highest BCUT2D eigenvalue weighted by molar-refractivity contribution is 6.31. The summed E-state index contributed by atoms with van der Waals surface area (Å²) in [7, 11) is 3.17. The predicted molar refractivity (Wildman–Crippen MR) is 144 cm³/mol. The van der Waals surface area contributed by atoms with Crippen LogP contribution in [0.4, 0.5) is 0 Å². The first-order valence-electron chi connectivity index (χ1n) is 12.1. The van der Waals surface area contributed by atoms with Crippen LogP contribution in [0, 0.1) is 6.92 Å². The summed E-state index contributed by atoms with van der Waals surface area (Å²) in [5.41, 5.74) is 4.50. The van der Waals surface area contributed by atoms with Gasteiger partial charge in [0.15, 0.2) is 11.5 Å². The van der Waals surface area contributed by atoms with Crippen molar-refractivity contribution in [1.82, 2.24) is 15.1 Å². The predicted octanol–water partition coefficient (Wildman–Crippen LogP) is 5.52. The zero-order valence-electron chi connectivity index (χ0n) is 21.3. The van der Waals surface area contributed by atoms with Crippen LogP contribution in [0.2, 0.25) is 5.02 Å². The van der Waals surface area contributed by atoms with Gasteiger partial charge in [0, 0.05) is 29.8 Å². The van der Waals surface area contributed by atoms with Gasteiger partial charge < -0.3 is 24.2 Å². The van der Waals surface area contributed by atoms with Gasteiger partial charge in [-0.3, -0.25) is 9.89 Å². The van der Waals surface area contributed by atoms with Crippen LogP contribution in [0.25, 0.3) is 11.3 Å². The second-order valence-corrected chi connectivity index (χ2v) is 9.47. The summed E-state index contributed by atoms with van der Waals surface area (Å²) in [6.45, 7) is 2.92. The van der Waals surface area contributed by atoms with E-state index in [1.807, 2.05) is 55.5 Å². The van der Waals surface area contributed by atoms with Crippen LogP contribution in [0.5, 0.6) is 17.2 Å². The number of nitrogens with zero attached hydrogens (tertiary/aromatic N) is 2. The lowest BCUT2D eigenvalue weighted by atomic mass is 9.95. The number of aromatic hydroxyl groups is 1. The maximum absolute atomic E-state index is 13.5. The molecular weight excluding hydrogens is 506 g/mol. The minimum Gasteiger partial charge on any atom is -0.507 e. The number of fused-ring (bicyclic) bond motifs is 1. The van der Waals surface area contributed by atoms with Crippen LogP contribution in [0.3, 0.4) is 0 Å². The summed E-state index contributed by atoms with van der Waals surface area (Å²) in [4.78, 5) is 15.2. The number of ether oxygens (including phenoxy) is 3. The number of aromatic amines is 1. The van der Waals surface area contributed by atoms with E-state index in [4.69, 9.17) is 25.8 Å². The Bertz CT molecular complexity index is 1470. The van der Waals surface area contributed by atoms with Gasteiger partial charge in [-0.2, -0.15) is 5.10 Å². The summed E-state index contributed by atoms with van der Waals surface area (Å²) >= 11 is 6.39. The second kappa shape index (κ2) is 10.8. The molecule has 1 aliphatic rings. The van der Waals surface area contributed by atoms with Crippen LogP contribution in [0.15, 0.2) is 60.7 Å². The Kier molecular flexibility index (Phi) is 7.26. The van der Waals surface area contributed by atoms with E-state index >= 15 is 0 Å². The molecule has 196 valence electrons. The molecule has 0 radical (unpaired) electrons. The Morgan fingerprint density at radius 1 is 1.08 bits per heavy atom. The summed E-state index contributed by atoms with van der Waals surface area (Å²) in [5, 5.41) is 18.6. The van der Waals surface area contributed by atoms with Gasteiger partial charge in [-0.1, -0.05) is 48.0 Å². The average molecular weight is 534 g/mol. The number of H-pyrrole nitrogens is 1. The molecule has 2 heterocycles. The van der Waals surface area contributed by atoms with Crippen LogP contribution in [-0.4, -0.2) is 53.5 Å². The summed E-state index contributed by atoms with van der Waals surface area (Å²) in [6, 6.07) is 18.2. The number of hydrogen-bond donors (Lipinski definition) is 2. The number of carbonyl (C=O) groups excluding carboxylic acids is 1. The monoisotopic (exact) mass is 533 g/mol. The number of carbonyl (C=O) groups is 1. The molecule has 4 aromatic rings. The number of aromatic nitrogens is 2. The number of nitrogens with one attached hydrogen (secondary N) is 1. The molecule has 1 atom stereocenters. The topological polar surface area (TPSA) is 96.9 Å². The summed E-state index contributed by atoms with van der Waals surface area (Å²) in [5.74, 6) is 0.951. The lowest BCUT2D eigenvalue weighted by Crippen LogP contribution is -2.32. The Labute approximate surface area is 225 Å². The molecule has 0 spiro atoms. The van der Waals surface area contributed by atoms with E-state index in [0.29, 0.717) is 58.8 Å². The van der Waals surface area contributed by atoms with Gasteiger partial charge in [0.2, 0.25) is 0 Å². The Balaban J connectivity index is 1.57. The van der Waals surface area contributed by atoms with E-state index in [2.05, 4.69) is 10.2 Å². The third kappa shape index (κ3) is 4.68. The first kappa shape index (κ1) is 25.6. The second-order valence-electron chi connectivity index (χ2n) is 9.06. The van der Waals surface area contributed by atoms with Gasteiger partial charge in [-0.05, 0) is 47.9 Å². The smallest absolute Gasteiger partial charge is 0.273 e. The molecular formula is C29H28ClN3O5. The fourth-order valence-electron chi connectivity index (χ4n) is 4.73. The standard InChI is InChI=1S/C29H28ClN3O5/c1-17-13-22(34)20(15-21(17)30)26-25-27(32-31-26)29(35)33(11-12-36-2)28(25)19-9-10-23(24(14-19)37-3)38-16-18-7-5-4-6-8-18/h4-10,13-15,28,34H,11-12,16H2,1-3H3,(H,31,32). The van der Waals surface area contributed by atoms with Crippen LogP contribution < -0.4 is 9.47 Å². The third-order valence-corrected chi connectivity index (χ3v) is 7.08. The van der Waals surface area contributed by atoms with Crippen molar-refractivity contribution in [1.29, 1.82) is 0 Å². The van der Waals surface area contributed by atoms with Gasteiger partial charge in [0.1, 0.15) is 23.7 Å². The molecule has 2 N–H and O–H groups in total. The molecule has 0 fully saturated rings. The van der Waals surface area contributed by atoms with Gasteiger partial charge in [0.05, 0.1) is 19.8 Å². The molecule has 1 unspecified atom stereocenters. The first-order chi connectivity index (χ1) is 18.4. The highest BCUT2D eigenvalue weighted by atomic mass is 35.5. The summed E-state index contributed by atoms with van der Waals surface area (Å²) in [6.07, 6.45) is 0. The number of benzene rings is 3. The number of hydrogen-bond acceptors (Lipinski definition) is 6. The van der Waals surface area contributed by atoms with E-state index in [0.717, 1.165) is 16.7 Å². The lowest BCUT2D eigenvalue weighted by Gasteiger charge is -2.27.